The van der Waals surface area contributed by atoms with Gasteiger partial charge in [-0.1, -0.05) is 59.6 Å². The molecule has 0 amide bonds. The molecule has 0 aromatic heterocycles. The number of anilines is 4. The molecule has 5 nitrogen and oxygen atoms in total. The molecule has 0 aliphatic heterocycles. The van der Waals surface area contributed by atoms with E-state index in [1.165, 1.54) is 0 Å². The van der Waals surface area contributed by atoms with Crippen molar-refractivity contribution in [2.75, 3.05) is 76.0 Å². The van der Waals surface area contributed by atoms with Gasteiger partial charge in [-0.25, -0.2) is 0 Å². The SMILES string of the molecule is CN(C)c1ccc(C(OC(c2ccc(N(C)C)cc2)c2ccc(N(C)C)cc2Cl)c2ccc(N(C)C)cc2Cl)cc1. The van der Waals surface area contributed by atoms with E-state index in [4.69, 9.17) is 27.9 Å². The monoisotopic (exact) mass is 590 g/mol. The third-order valence-corrected chi connectivity index (χ3v) is 7.92. The average molecular weight is 592 g/mol. The molecule has 0 aliphatic rings. The molecular weight excluding hydrogens is 551 g/mol. The summed E-state index contributed by atoms with van der Waals surface area (Å²) in [6.07, 6.45) is -0.893. The standard InChI is InChI=1S/C34H40Cl2N4O/c1-37(2)25-13-9-23(10-14-25)33(29-19-17-27(39(5)6)21-31(29)35)41-34(24-11-15-26(16-12-24)38(3)4)30-20-18-28(40(7)8)22-32(30)36/h9-22,33-34H,1-8H3. The summed E-state index contributed by atoms with van der Waals surface area (Å²) in [7, 11) is 16.2. The van der Waals surface area contributed by atoms with Gasteiger partial charge in [-0.15, -0.1) is 0 Å². The Bertz CT molecular complexity index is 1340. The van der Waals surface area contributed by atoms with Gasteiger partial charge in [-0.2, -0.15) is 0 Å². The second-order valence-corrected chi connectivity index (χ2v) is 11.9. The van der Waals surface area contributed by atoms with Crippen LogP contribution in [0.3, 0.4) is 0 Å². The molecule has 7 heteroatoms. The van der Waals surface area contributed by atoms with Crippen molar-refractivity contribution in [3.8, 4) is 0 Å². The van der Waals surface area contributed by atoms with E-state index in [1.54, 1.807) is 0 Å². The molecule has 0 N–H and O–H groups in total. The Morgan fingerprint density at radius 1 is 0.439 bits per heavy atom. The second kappa shape index (κ2) is 13.1. The van der Waals surface area contributed by atoms with Crippen molar-refractivity contribution in [3.63, 3.8) is 0 Å². The third-order valence-electron chi connectivity index (χ3n) is 7.26. The van der Waals surface area contributed by atoms with Crippen LogP contribution in [0.4, 0.5) is 22.7 Å². The van der Waals surface area contributed by atoms with Gasteiger partial charge >= 0.3 is 0 Å². The maximum Gasteiger partial charge on any atom is 0.110 e. The summed E-state index contributed by atoms with van der Waals surface area (Å²) in [4.78, 5) is 8.25. The van der Waals surface area contributed by atoms with Crippen LogP contribution in [0.1, 0.15) is 34.5 Å². The van der Waals surface area contributed by atoms with Crippen molar-refractivity contribution in [1.82, 2.24) is 0 Å². The topological polar surface area (TPSA) is 22.2 Å². The van der Waals surface area contributed by atoms with E-state index in [-0.39, 0.29) is 0 Å². The fourth-order valence-electron chi connectivity index (χ4n) is 4.71. The van der Waals surface area contributed by atoms with E-state index < -0.39 is 12.2 Å². The van der Waals surface area contributed by atoms with Gasteiger partial charge < -0.3 is 24.3 Å². The fraction of sp³-hybridized carbons (Fsp3) is 0.294. The highest BCUT2D eigenvalue weighted by Crippen LogP contribution is 2.42. The zero-order chi connectivity index (χ0) is 29.8. The first kappa shape index (κ1) is 30.6. The highest BCUT2D eigenvalue weighted by molar-refractivity contribution is 6.32. The lowest BCUT2D eigenvalue weighted by Gasteiger charge is -2.29. The summed E-state index contributed by atoms with van der Waals surface area (Å²) in [5.41, 5.74) is 8.07. The Labute approximate surface area is 255 Å². The van der Waals surface area contributed by atoms with Gasteiger partial charge in [-0.05, 0) is 59.7 Å². The molecule has 4 aromatic rings. The van der Waals surface area contributed by atoms with Crippen LogP contribution in [0.2, 0.25) is 10.0 Å². The van der Waals surface area contributed by atoms with Crippen LogP contribution in [-0.4, -0.2) is 56.4 Å². The molecular formula is C34H40Cl2N4O. The lowest BCUT2D eigenvalue weighted by atomic mass is 9.97. The molecule has 2 atom stereocenters. The molecule has 41 heavy (non-hydrogen) atoms. The minimum Gasteiger partial charge on any atom is -0.378 e. The van der Waals surface area contributed by atoms with E-state index >= 15 is 0 Å². The van der Waals surface area contributed by atoms with Crippen LogP contribution in [0.5, 0.6) is 0 Å². The van der Waals surface area contributed by atoms with Crippen molar-refractivity contribution < 1.29 is 4.74 Å². The number of ether oxygens (including phenoxy) is 1. The van der Waals surface area contributed by atoms with E-state index in [1.807, 2.05) is 78.3 Å². The predicted octanol–water partition coefficient (Wildman–Crippen LogP) is 8.15. The van der Waals surface area contributed by atoms with Gasteiger partial charge in [0.25, 0.3) is 0 Å². The Morgan fingerprint density at radius 2 is 0.732 bits per heavy atom. The highest BCUT2D eigenvalue weighted by Gasteiger charge is 2.27. The Kier molecular flexibility index (Phi) is 9.75. The van der Waals surface area contributed by atoms with Crippen LogP contribution in [0.15, 0.2) is 84.9 Å². The molecule has 0 saturated heterocycles. The van der Waals surface area contributed by atoms with E-state index in [2.05, 4.69) is 82.6 Å². The number of nitrogens with zero attached hydrogens (tertiary/aromatic N) is 4. The van der Waals surface area contributed by atoms with E-state index in [9.17, 15) is 0 Å². The third kappa shape index (κ3) is 7.10. The molecule has 216 valence electrons. The Hall–Kier alpha value is -3.38. The maximum absolute atomic E-state index is 7.13. The summed E-state index contributed by atoms with van der Waals surface area (Å²) in [6.45, 7) is 0. The average Bonchev–Trinajstić information content (AvgIpc) is 2.94. The van der Waals surface area contributed by atoms with E-state index in [0.717, 1.165) is 45.0 Å². The molecule has 0 saturated carbocycles. The number of hydrogen-bond donors (Lipinski definition) is 0. The summed E-state index contributed by atoms with van der Waals surface area (Å²) in [5, 5.41) is 1.29. The molecule has 0 aliphatic carbocycles. The van der Waals surface area contributed by atoms with Crippen LogP contribution in [0.25, 0.3) is 0 Å². The van der Waals surface area contributed by atoms with Crippen molar-refractivity contribution in [2.24, 2.45) is 0 Å². The van der Waals surface area contributed by atoms with Gasteiger partial charge in [0, 0.05) is 100 Å². The summed E-state index contributed by atoms with van der Waals surface area (Å²) < 4.78 is 7.13. The quantitative estimate of drug-likeness (QED) is 0.185. The molecule has 0 bridgehead atoms. The van der Waals surface area contributed by atoms with Crippen molar-refractivity contribution >= 4 is 46.0 Å². The first-order chi connectivity index (χ1) is 19.5. The molecule has 2 unspecified atom stereocenters. The Balaban J connectivity index is 1.87. The Morgan fingerprint density at radius 3 is 1.00 bits per heavy atom. The molecule has 0 heterocycles. The zero-order valence-corrected chi connectivity index (χ0v) is 26.7. The van der Waals surface area contributed by atoms with Crippen LogP contribution >= 0.6 is 23.2 Å². The van der Waals surface area contributed by atoms with Crippen LogP contribution < -0.4 is 19.6 Å². The van der Waals surface area contributed by atoms with Gasteiger partial charge in [-0.3, -0.25) is 0 Å². The molecule has 4 aromatic carbocycles. The lowest BCUT2D eigenvalue weighted by Crippen LogP contribution is -2.16. The van der Waals surface area contributed by atoms with Crippen LogP contribution in [-0.2, 0) is 4.74 Å². The summed E-state index contributed by atoms with van der Waals surface area (Å²) in [6, 6.07) is 29.1. The summed E-state index contributed by atoms with van der Waals surface area (Å²) in [5.74, 6) is 0. The second-order valence-electron chi connectivity index (χ2n) is 11.1. The number of hydrogen-bond acceptors (Lipinski definition) is 5. The van der Waals surface area contributed by atoms with Crippen molar-refractivity contribution in [3.05, 3.63) is 117 Å². The van der Waals surface area contributed by atoms with Crippen LogP contribution in [0, 0.1) is 0 Å². The van der Waals surface area contributed by atoms with Gasteiger partial charge in [0.2, 0.25) is 0 Å². The minimum atomic E-state index is -0.446. The highest BCUT2D eigenvalue weighted by atomic mass is 35.5. The molecule has 0 spiro atoms. The first-order valence-electron chi connectivity index (χ1n) is 13.6. The number of halogens is 2. The molecule has 0 radical (unpaired) electrons. The maximum atomic E-state index is 7.13. The summed E-state index contributed by atoms with van der Waals surface area (Å²) >= 11 is 13.9. The smallest absolute Gasteiger partial charge is 0.110 e. The van der Waals surface area contributed by atoms with Crippen molar-refractivity contribution in [2.45, 2.75) is 12.2 Å². The van der Waals surface area contributed by atoms with Gasteiger partial charge in [0.1, 0.15) is 12.2 Å². The lowest BCUT2D eigenvalue weighted by molar-refractivity contribution is 0.0310. The predicted molar refractivity (Wildman–Crippen MR) is 178 cm³/mol. The zero-order valence-electron chi connectivity index (χ0n) is 25.2. The fourth-order valence-corrected chi connectivity index (χ4v) is 5.25. The number of rotatable bonds is 10. The van der Waals surface area contributed by atoms with Gasteiger partial charge in [0.15, 0.2) is 0 Å². The largest absolute Gasteiger partial charge is 0.378 e. The number of benzene rings is 4. The van der Waals surface area contributed by atoms with E-state index in [0.29, 0.717) is 10.0 Å². The van der Waals surface area contributed by atoms with Gasteiger partial charge in [0.05, 0.1) is 0 Å². The van der Waals surface area contributed by atoms with Crippen molar-refractivity contribution in [1.29, 1.82) is 0 Å². The molecule has 0 fully saturated rings. The normalized spacial score (nSPS) is 12.5. The first-order valence-corrected chi connectivity index (χ1v) is 14.4. The minimum absolute atomic E-state index is 0.446. The molecule has 4 rings (SSSR count).